The van der Waals surface area contributed by atoms with Gasteiger partial charge in [-0.15, -0.1) is 0 Å². The number of carboxylic acids is 1. The van der Waals surface area contributed by atoms with E-state index in [-0.39, 0.29) is 11.5 Å². The number of hydrogen-bond acceptors (Lipinski definition) is 4. The van der Waals surface area contributed by atoms with Gasteiger partial charge in [0.05, 0.1) is 18.2 Å². The lowest BCUT2D eigenvalue weighted by Crippen LogP contribution is -1.99. The van der Waals surface area contributed by atoms with Gasteiger partial charge >= 0.3 is 5.97 Å². The topological polar surface area (TPSA) is 72.6 Å². The van der Waals surface area contributed by atoms with Crippen LogP contribution in [0.5, 0.6) is 5.75 Å². The van der Waals surface area contributed by atoms with Gasteiger partial charge in [-0.1, -0.05) is 0 Å². The SMILES string of the molecule is CCOc1c(C(=O)O)oc2cnccc12. The number of carboxylic acid groups (broad SMARTS) is 1. The van der Waals surface area contributed by atoms with Gasteiger partial charge in [0.2, 0.25) is 0 Å². The van der Waals surface area contributed by atoms with Gasteiger partial charge in [0, 0.05) is 6.20 Å². The predicted molar refractivity (Wildman–Crippen MR) is 52.1 cm³/mol. The third-order valence-electron chi connectivity index (χ3n) is 1.93. The predicted octanol–water partition coefficient (Wildman–Crippen LogP) is 1.92. The molecule has 0 radical (unpaired) electrons. The molecule has 0 fully saturated rings. The Morgan fingerprint density at radius 1 is 1.67 bits per heavy atom. The first-order chi connectivity index (χ1) is 7.24. The highest BCUT2D eigenvalue weighted by Crippen LogP contribution is 2.32. The van der Waals surface area contributed by atoms with Gasteiger partial charge in [-0.3, -0.25) is 4.98 Å². The summed E-state index contributed by atoms with van der Waals surface area (Å²) in [5, 5.41) is 9.53. The van der Waals surface area contributed by atoms with Gasteiger partial charge in [0.1, 0.15) is 0 Å². The van der Waals surface area contributed by atoms with Crippen molar-refractivity contribution in [1.29, 1.82) is 0 Å². The van der Waals surface area contributed by atoms with E-state index in [1.54, 1.807) is 19.2 Å². The molecular formula is C10H9NO4. The molecule has 5 nitrogen and oxygen atoms in total. The number of hydrogen-bond donors (Lipinski definition) is 1. The molecule has 0 aliphatic rings. The first-order valence-corrected chi connectivity index (χ1v) is 4.46. The van der Waals surface area contributed by atoms with Crippen LogP contribution in [-0.4, -0.2) is 22.7 Å². The standard InChI is InChI=1S/C10H9NO4/c1-2-14-8-6-3-4-11-5-7(6)15-9(8)10(12)13/h3-5H,2H2,1H3,(H,12,13). The van der Waals surface area contributed by atoms with Gasteiger partial charge in [-0.25, -0.2) is 4.79 Å². The molecule has 0 saturated heterocycles. The summed E-state index contributed by atoms with van der Waals surface area (Å²) in [6.45, 7) is 2.17. The molecule has 2 heterocycles. The molecule has 0 aliphatic carbocycles. The van der Waals surface area contributed by atoms with Crippen LogP contribution in [-0.2, 0) is 0 Å². The zero-order chi connectivity index (χ0) is 10.8. The van der Waals surface area contributed by atoms with E-state index < -0.39 is 5.97 Å². The van der Waals surface area contributed by atoms with E-state index >= 15 is 0 Å². The maximum atomic E-state index is 10.9. The summed E-state index contributed by atoms with van der Waals surface area (Å²) in [4.78, 5) is 14.7. The number of fused-ring (bicyclic) bond motifs is 1. The number of rotatable bonds is 3. The quantitative estimate of drug-likeness (QED) is 0.832. The fourth-order valence-electron chi connectivity index (χ4n) is 1.36. The highest BCUT2D eigenvalue weighted by Gasteiger charge is 2.20. The monoisotopic (exact) mass is 207 g/mol. The van der Waals surface area contributed by atoms with Gasteiger partial charge in [-0.2, -0.15) is 0 Å². The average molecular weight is 207 g/mol. The van der Waals surface area contributed by atoms with E-state index in [9.17, 15) is 4.79 Å². The minimum atomic E-state index is -1.14. The second kappa shape index (κ2) is 3.61. The van der Waals surface area contributed by atoms with Crippen molar-refractivity contribution < 1.29 is 19.1 Å². The summed E-state index contributed by atoms with van der Waals surface area (Å²) >= 11 is 0. The van der Waals surface area contributed by atoms with Crippen LogP contribution in [0.1, 0.15) is 17.5 Å². The average Bonchev–Trinajstić information content (AvgIpc) is 2.58. The summed E-state index contributed by atoms with van der Waals surface area (Å²) in [6.07, 6.45) is 3.02. The van der Waals surface area contributed by atoms with Crippen LogP contribution < -0.4 is 4.74 Å². The smallest absolute Gasteiger partial charge is 0.375 e. The molecule has 2 rings (SSSR count). The highest BCUT2D eigenvalue weighted by molar-refractivity contribution is 5.97. The molecule has 5 heteroatoms. The number of aromatic nitrogens is 1. The Morgan fingerprint density at radius 2 is 2.47 bits per heavy atom. The molecule has 0 saturated carbocycles. The first-order valence-electron chi connectivity index (χ1n) is 4.46. The number of aromatic carboxylic acids is 1. The van der Waals surface area contributed by atoms with Crippen molar-refractivity contribution in [2.45, 2.75) is 6.92 Å². The molecule has 0 amide bonds. The number of furan rings is 1. The lowest BCUT2D eigenvalue weighted by Gasteiger charge is -1.99. The van der Waals surface area contributed by atoms with E-state index in [2.05, 4.69) is 4.98 Å². The lowest BCUT2D eigenvalue weighted by atomic mass is 10.3. The maximum absolute atomic E-state index is 10.9. The van der Waals surface area contributed by atoms with Crippen LogP contribution in [0.4, 0.5) is 0 Å². The zero-order valence-corrected chi connectivity index (χ0v) is 8.06. The third-order valence-corrected chi connectivity index (χ3v) is 1.93. The third kappa shape index (κ3) is 1.52. The molecular weight excluding hydrogens is 198 g/mol. The van der Waals surface area contributed by atoms with Crippen molar-refractivity contribution in [2.75, 3.05) is 6.61 Å². The normalized spacial score (nSPS) is 10.5. The Bertz CT molecular complexity index is 503. The Balaban J connectivity index is 2.68. The molecule has 0 bridgehead atoms. The van der Waals surface area contributed by atoms with Gasteiger partial charge in [0.15, 0.2) is 11.3 Å². The lowest BCUT2D eigenvalue weighted by molar-refractivity contribution is 0.0659. The van der Waals surface area contributed by atoms with Crippen molar-refractivity contribution in [3.63, 3.8) is 0 Å². The van der Waals surface area contributed by atoms with Crippen molar-refractivity contribution in [3.8, 4) is 5.75 Å². The molecule has 0 aliphatic heterocycles. The minimum Gasteiger partial charge on any atom is -0.489 e. The number of pyridine rings is 1. The summed E-state index contributed by atoms with van der Waals surface area (Å²) in [6, 6.07) is 1.66. The van der Waals surface area contributed by atoms with E-state index in [1.165, 1.54) is 6.20 Å². The Labute approximate surface area is 85.3 Å². The van der Waals surface area contributed by atoms with Crippen molar-refractivity contribution in [2.24, 2.45) is 0 Å². The minimum absolute atomic E-state index is 0.181. The van der Waals surface area contributed by atoms with Crippen LogP contribution in [0.2, 0.25) is 0 Å². The van der Waals surface area contributed by atoms with Crippen molar-refractivity contribution in [3.05, 3.63) is 24.2 Å². The summed E-state index contributed by atoms with van der Waals surface area (Å²) in [7, 11) is 0. The fraction of sp³-hybridized carbons (Fsp3) is 0.200. The van der Waals surface area contributed by atoms with Crippen LogP contribution in [0, 0.1) is 0 Å². The van der Waals surface area contributed by atoms with Gasteiger partial charge < -0.3 is 14.3 Å². The molecule has 0 aromatic carbocycles. The maximum Gasteiger partial charge on any atom is 0.375 e. The Morgan fingerprint density at radius 3 is 3.13 bits per heavy atom. The Hall–Kier alpha value is -2.04. The first kappa shape index (κ1) is 9.51. The summed E-state index contributed by atoms with van der Waals surface area (Å²) in [5.41, 5.74) is 0.415. The Kier molecular flexibility index (Phi) is 2.29. The molecule has 2 aromatic heterocycles. The van der Waals surface area contributed by atoms with Crippen LogP contribution in [0.15, 0.2) is 22.9 Å². The molecule has 15 heavy (non-hydrogen) atoms. The molecule has 1 N–H and O–H groups in total. The molecule has 2 aromatic rings. The van der Waals surface area contributed by atoms with E-state index in [1.807, 2.05) is 0 Å². The van der Waals surface area contributed by atoms with Crippen LogP contribution in [0.3, 0.4) is 0 Å². The highest BCUT2D eigenvalue weighted by atomic mass is 16.5. The van der Waals surface area contributed by atoms with Crippen LogP contribution in [0.25, 0.3) is 11.0 Å². The molecule has 0 unspecified atom stereocenters. The number of nitrogens with zero attached hydrogens (tertiary/aromatic N) is 1. The van der Waals surface area contributed by atoms with Gasteiger partial charge in [-0.05, 0) is 13.0 Å². The van der Waals surface area contributed by atoms with Crippen molar-refractivity contribution >= 4 is 16.9 Å². The number of ether oxygens (including phenoxy) is 1. The molecule has 0 spiro atoms. The van der Waals surface area contributed by atoms with E-state index in [4.69, 9.17) is 14.3 Å². The summed E-state index contributed by atoms with van der Waals surface area (Å²) < 4.78 is 10.4. The second-order valence-electron chi connectivity index (χ2n) is 2.87. The van der Waals surface area contributed by atoms with Gasteiger partial charge in [0.25, 0.3) is 5.76 Å². The largest absolute Gasteiger partial charge is 0.489 e. The molecule has 78 valence electrons. The van der Waals surface area contributed by atoms with Crippen LogP contribution >= 0.6 is 0 Å². The second-order valence-corrected chi connectivity index (χ2v) is 2.87. The molecule has 0 atom stereocenters. The summed E-state index contributed by atoms with van der Waals surface area (Å²) in [5.74, 6) is -1.06. The number of carbonyl (C=O) groups is 1. The fourth-order valence-corrected chi connectivity index (χ4v) is 1.36. The van der Waals surface area contributed by atoms with E-state index in [0.29, 0.717) is 17.6 Å². The van der Waals surface area contributed by atoms with E-state index in [0.717, 1.165) is 0 Å². The van der Waals surface area contributed by atoms with Crippen molar-refractivity contribution in [1.82, 2.24) is 4.98 Å². The zero-order valence-electron chi connectivity index (χ0n) is 8.06.